The minimum Gasteiger partial charge on any atom is -0.482 e. The third-order valence-corrected chi connectivity index (χ3v) is 1.74. The smallest absolute Gasteiger partial charge is 0.344 e. The number of carbonyl (C=O) groups is 2. The highest BCUT2D eigenvalue weighted by Crippen LogP contribution is 2.10. The van der Waals surface area contributed by atoms with Crippen molar-refractivity contribution >= 4 is 12.3 Å². The van der Waals surface area contributed by atoms with Gasteiger partial charge >= 0.3 is 5.97 Å². The summed E-state index contributed by atoms with van der Waals surface area (Å²) in [7, 11) is 0. The van der Waals surface area contributed by atoms with E-state index in [2.05, 4.69) is 6.58 Å². The van der Waals surface area contributed by atoms with Gasteiger partial charge in [-0.1, -0.05) is 12.7 Å². The van der Waals surface area contributed by atoms with E-state index in [1.807, 2.05) is 0 Å². The molecule has 0 saturated carbocycles. The molecule has 0 saturated heterocycles. The summed E-state index contributed by atoms with van der Waals surface area (Å²) in [4.78, 5) is 21.4. The van der Waals surface area contributed by atoms with Gasteiger partial charge in [-0.25, -0.2) is 4.79 Å². The molecule has 4 heteroatoms. The van der Waals surface area contributed by atoms with Crippen LogP contribution in [0.2, 0.25) is 0 Å². The molecule has 0 spiro atoms. The highest BCUT2D eigenvalue weighted by atomic mass is 16.6. The van der Waals surface area contributed by atoms with Crippen LogP contribution in [-0.2, 0) is 9.53 Å². The quantitative estimate of drug-likeness (QED) is 0.415. The molecule has 84 valence electrons. The number of aldehydes is 1. The number of benzene rings is 1. The van der Waals surface area contributed by atoms with Crippen LogP contribution in [-0.4, -0.2) is 25.5 Å². The fraction of sp³-hybridized carbons (Fsp3) is 0.167. The third kappa shape index (κ3) is 3.96. The molecular weight excluding hydrogens is 208 g/mol. The second-order valence-electron chi connectivity index (χ2n) is 2.95. The van der Waals surface area contributed by atoms with Gasteiger partial charge in [-0.3, -0.25) is 4.79 Å². The summed E-state index contributed by atoms with van der Waals surface area (Å²) >= 11 is 0. The van der Waals surface area contributed by atoms with E-state index in [0.717, 1.165) is 6.29 Å². The van der Waals surface area contributed by atoms with Crippen LogP contribution in [0.1, 0.15) is 10.4 Å². The van der Waals surface area contributed by atoms with Crippen molar-refractivity contribution in [3.05, 3.63) is 42.5 Å². The molecule has 1 rings (SSSR count). The van der Waals surface area contributed by atoms with Crippen LogP contribution in [0.25, 0.3) is 0 Å². The largest absolute Gasteiger partial charge is 0.482 e. The van der Waals surface area contributed by atoms with E-state index in [1.54, 1.807) is 24.3 Å². The lowest BCUT2D eigenvalue weighted by atomic mass is 10.2. The lowest BCUT2D eigenvalue weighted by Crippen LogP contribution is -2.14. The first kappa shape index (κ1) is 12.0. The van der Waals surface area contributed by atoms with Crippen molar-refractivity contribution in [3.63, 3.8) is 0 Å². The molecule has 0 N–H and O–H groups in total. The summed E-state index contributed by atoms with van der Waals surface area (Å²) in [6.45, 7) is 3.43. The molecule has 0 aliphatic heterocycles. The fourth-order valence-electron chi connectivity index (χ4n) is 0.978. The van der Waals surface area contributed by atoms with Gasteiger partial charge in [-0.15, -0.1) is 0 Å². The first-order valence-electron chi connectivity index (χ1n) is 4.71. The summed E-state index contributed by atoms with van der Waals surface area (Å²) < 4.78 is 9.86. The van der Waals surface area contributed by atoms with Gasteiger partial charge in [0.2, 0.25) is 0 Å². The van der Waals surface area contributed by atoms with Crippen LogP contribution >= 0.6 is 0 Å². The minimum atomic E-state index is -0.459. The molecule has 0 atom stereocenters. The summed E-state index contributed by atoms with van der Waals surface area (Å²) in [6, 6.07) is 6.45. The maximum atomic E-state index is 11.0. The van der Waals surface area contributed by atoms with E-state index in [1.165, 1.54) is 6.08 Å². The highest BCUT2D eigenvalue weighted by molar-refractivity contribution is 5.75. The van der Waals surface area contributed by atoms with Crippen molar-refractivity contribution in [1.82, 2.24) is 0 Å². The molecule has 0 bridgehead atoms. The van der Waals surface area contributed by atoms with Crippen LogP contribution in [0.3, 0.4) is 0 Å². The van der Waals surface area contributed by atoms with Gasteiger partial charge in [-0.05, 0) is 24.3 Å². The number of hydrogen-bond donors (Lipinski definition) is 0. The average Bonchev–Trinajstić information content (AvgIpc) is 2.34. The summed E-state index contributed by atoms with van der Waals surface area (Å²) in [6.07, 6.45) is 2.22. The summed E-state index contributed by atoms with van der Waals surface area (Å²) in [5.41, 5.74) is 0.557. The standard InChI is InChI=1S/C12H12O4/c1-2-7-15-12(14)9-16-11-5-3-10(8-13)4-6-11/h2-6,8H,1,7,9H2. The van der Waals surface area contributed by atoms with Crippen molar-refractivity contribution in [2.24, 2.45) is 0 Å². The molecule has 4 nitrogen and oxygen atoms in total. The van der Waals surface area contributed by atoms with Crippen molar-refractivity contribution in [1.29, 1.82) is 0 Å². The molecule has 0 aliphatic carbocycles. The third-order valence-electron chi connectivity index (χ3n) is 1.74. The Labute approximate surface area is 93.5 Å². The molecule has 1 aromatic carbocycles. The van der Waals surface area contributed by atoms with E-state index in [9.17, 15) is 9.59 Å². The topological polar surface area (TPSA) is 52.6 Å². The Balaban J connectivity index is 2.39. The van der Waals surface area contributed by atoms with E-state index in [0.29, 0.717) is 11.3 Å². The van der Waals surface area contributed by atoms with Gasteiger partial charge in [0.05, 0.1) is 0 Å². The van der Waals surface area contributed by atoms with Gasteiger partial charge in [0, 0.05) is 5.56 Å². The molecule has 0 amide bonds. The van der Waals surface area contributed by atoms with Crippen LogP contribution < -0.4 is 4.74 Å². The molecule has 0 radical (unpaired) electrons. The Hall–Kier alpha value is -2.10. The van der Waals surface area contributed by atoms with Crippen molar-refractivity contribution in [2.75, 3.05) is 13.2 Å². The fourth-order valence-corrected chi connectivity index (χ4v) is 0.978. The Kier molecular flexibility index (Phi) is 4.79. The molecule has 0 unspecified atom stereocenters. The Morgan fingerprint density at radius 3 is 2.56 bits per heavy atom. The van der Waals surface area contributed by atoms with Crippen LogP contribution in [0, 0.1) is 0 Å². The zero-order chi connectivity index (χ0) is 11.8. The molecule has 1 aromatic rings. The van der Waals surface area contributed by atoms with Crippen LogP contribution in [0.4, 0.5) is 0 Å². The maximum Gasteiger partial charge on any atom is 0.344 e. The second kappa shape index (κ2) is 6.40. The molecule has 0 fully saturated rings. The minimum absolute atomic E-state index is 0.158. The van der Waals surface area contributed by atoms with E-state index >= 15 is 0 Å². The van der Waals surface area contributed by atoms with Crippen LogP contribution in [0.5, 0.6) is 5.75 Å². The number of hydrogen-bond acceptors (Lipinski definition) is 4. The Bertz CT molecular complexity index is 367. The Morgan fingerprint density at radius 2 is 2.00 bits per heavy atom. The molecule has 0 heterocycles. The average molecular weight is 220 g/mol. The zero-order valence-electron chi connectivity index (χ0n) is 8.72. The van der Waals surface area contributed by atoms with Crippen LogP contribution in [0.15, 0.2) is 36.9 Å². The van der Waals surface area contributed by atoms with Gasteiger partial charge in [-0.2, -0.15) is 0 Å². The first-order chi connectivity index (χ1) is 7.76. The van der Waals surface area contributed by atoms with Crippen molar-refractivity contribution in [2.45, 2.75) is 0 Å². The second-order valence-corrected chi connectivity index (χ2v) is 2.95. The number of ether oxygens (including phenoxy) is 2. The molecule has 0 aliphatic rings. The normalized spacial score (nSPS) is 9.25. The van der Waals surface area contributed by atoms with Gasteiger partial charge in [0.1, 0.15) is 18.6 Å². The Morgan fingerprint density at radius 1 is 1.31 bits per heavy atom. The summed E-state index contributed by atoms with van der Waals surface area (Å²) in [5, 5.41) is 0. The van der Waals surface area contributed by atoms with E-state index in [4.69, 9.17) is 9.47 Å². The summed E-state index contributed by atoms with van der Waals surface area (Å²) in [5.74, 6) is 0.0560. The predicted molar refractivity (Wildman–Crippen MR) is 58.5 cm³/mol. The molecular formula is C12H12O4. The lowest BCUT2D eigenvalue weighted by molar-refractivity contribution is -0.144. The number of rotatable bonds is 6. The first-order valence-corrected chi connectivity index (χ1v) is 4.71. The predicted octanol–water partition coefficient (Wildman–Crippen LogP) is 1.61. The SMILES string of the molecule is C=CCOC(=O)COc1ccc(C=O)cc1. The van der Waals surface area contributed by atoms with E-state index < -0.39 is 5.97 Å². The lowest BCUT2D eigenvalue weighted by Gasteiger charge is -2.05. The number of esters is 1. The van der Waals surface area contributed by atoms with Gasteiger partial charge in [0.25, 0.3) is 0 Å². The van der Waals surface area contributed by atoms with Crippen molar-refractivity contribution < 1.29 is 19.1 Å². The highest BCUT2D eigenvalue weighted by Gasteiger charge is 2.02. The van der Waals surface area contributed by atoms with Gasteiger partial charge < -0.3 is 9.47 Å². The number of carbonyl (C=O) groups excluding carboxylic acids is 2. The van der Waals surface area contributed by atoms with Crippen molar-refractivity contribution in [3.8, 4) is 5.75 Å². The molecule has 16 heavy (non-hydrogen) atoms. The maximum absolute atomic E-state index is 11.0. The molecule has 0 aromatic heterocycles. The zero-order valence-corrected chi connectivity index (χ0v) is 8.72. The van der Waals surface area contributed by atoms with E-state index in [-0.39, 0.29) is 13.2 Å². The monoisotopic (exact) mass is 220 g/mol. The van der Waals surface area contributed by atoms with Gasteiger partial charge in [0.15, 0.2) is 6.61 Å².